The number of hydrogen-bond donors (Lipinski definition) is 23. The molecule has 642 valence electrons. The van der Waals surface area contributed by atoms with Gasteiger partial charge in [-0.15, -0.1) is 0 Å². The van der Waals surface area contributed by atoms with Crippen LogP contribution in [0.4, 0.5) is 0 Å². The van der Waals surface area contributed by atoms with Gasteiger partial charge in [0.15, 0.2) is 0 Å². The number of aromatic nitrogens is 3. The summed E-state index contributed by atoms with van der Waals surface area (Å²) in [6, 6.07) is 1.78. The topological polar surface area (TPSA) is 624 Å². The lowest BCUT2D eigenvalue weighted by atomic mass is 9.99. The lowest BCUT2D eigenvalue weighted by Gasteiger charge is -2.30. The Morgan fingerprint density at radius 3 is 1.66 bits per heavy atom. The van der Waals surface area contributed by atoms with Crippen LogP contribution in [0.2, 0.25) is 0 Å². The third kappa shape index (κ3) is 29.8. The van der Waals surface area contributed by atoms with Crippen LogP contribution in [0, 0.1) is 5.92 Å². The lowest BCUT2D eigenvalue weighted by molar-refractivity contribution is -0.143. The van der Waals surface area contributed by atoms with E-state index in [0.717, 1.165) is 11.8 Å². The van der Waals surface area contributed by atoms with Crippen LogP contribution in [0.25, 0.3) is 10.9 Å². The van der Waals surface area contributed by atoms with Gasteiger partial charge in [0, 0.05) is 85.6 Å². The number of primary amides is 1. The van der Waals surface area contributed by atoms with Crippen molar-refractivity contribution in [2.24, 2.45) is 23.1 Å². The number of rotatable bonds is 49. The predicted molar refractivity (Wildman–Crippen MR) is 434 cm³/mol. The van der Waals surface area contributed by atoms with Crippen molar-refractivity contribution in [1.29, 1.82) is 0 Å². The average molecular weight is 1680 g/mol. The van der Waals surface area contributed by atoms with Gasteiger partial charge >= 0.3 is 11.9 Å². The van der Waals surface area contributed by atoms with E-state index in [2.05, 4.69) is 104 Å². The molecule has 0 unspecified atom stereocenters. The van der Waals surface area contributed by atoms with Crippen molar-refractivity contribution in [3.05, 3.63) is 120 Å². The Morgan fingerprint density at radius 1 is 0.568 bits per heavy atom. The summed E-state index contributed by atoms with van der Waals surface area (Å²) in [5, 5.41) is 71.6. The fourth-order valence-electron chi connectivity index (χ4n) is 12.8. The van der Waals surface area contributed by atoms with Crippen LogP contribution in [0.15, 0.2) is 97.6 Å². The van der Waals surface area contributed by atoms with Crippen LogP contribution in [0.3, 0.4) is 0 Å². The molecular formula is C77H107N19O20S2. The number of thiol groups is 2. The van der Waals surface area contributed by atoms with Crippen molar-refractivity contribution in [3.63, 3.8) is 0 Å². The normalized spacial score (nSPS) is 16.0. The summed E-state index contributed by atoms with van der Waals surface area (Å²) >= 11 is 8.62. The van der Waals surface area contributed by atoms with Crippen molar-refractivity contribution in [2.45, 2.75) is 202 Å². The van der Waals surface area contributed by atoms with E-state index < -0.39 is 210 Å². The standard InChI is InChI=1S/C77H107N19O20S2/c1-5-40(2)63(77(115)116)95-73(111)58(38-118)93-70(108)54(31-44-20-22-47(98)23-21-44)89-67(105)51(18-11-12-28-78)86-71(109)55(32-45-34-82-50-17-10-9-16-48(45)50)91-69(107)53(30-43-14-7-6-8-15-43)90-72(110)57(37-117)92-68(106)52(25-27-62(101)102)87-74(112)59-19-13-29-96(59)76(114)41(3)85-75(113)64(42(4)97)94-61(100)36-83-66(104)56(33-46-35-81-39-84-46)88-65(103)49(79)24-26-60(80)99/h6-10,14-17,20-23,34-35,39-42,49,51-59,63-64,82,97-98,117-118H,5,11-13,18-19,24-33,36-38,78-79H2,1-4H3,(H2,80,99)(H,81,84)(H,83,104)(H,85,113)(H,86,109)(H,87,112)(H,88,103)(H,89,105)(H,90,110)(H,91,107)(H,92,106)(H,93,108)(H,94,100)(H,95,111)(H,101,102)(H,115,116)/t40-,41-,42+,49-,51-,52-,53-,54-,55-,56-,57-,58-,59-,63-,64-/m0/s1. The maximum absolute atomic E-state index is 15.2. The number of amides is 14. The minimum Gasteiger partial charge on any atom is -0.508 e. The number of aromatic hydroxyl groups is 1. The molecule has 118 heavy (non-hydrogen) atoms. The second-order valence-electron chi connectivity index (χ2n) is 28.7. The summed E-state index contributed by atoms with van der Waals surface area (Å²) in [4.78, 5) is 230. The van der Waals surface area contributed by atoms with Crippen molar-refractivity contribution in [3.8, 4) is 5.75 Å². The van der Waals surface area contributed by atoms with Crippen LogP contribution in [-0.2, 0) is 102 Å². The van der Waals surface area contributed by atoms with E-state index in [-0.39, 0.29) is 88.8 Å². The second-order valence-corrected chi connectivity index (χ2v) is 29.5. The zero-order valence-corrected chi connectivity index (χ0v) is 67.5. The van der Waals surface area contributed by atoms with Crippen molar-refractivity contribution >= 4 is 131 Å². The van der Waals surface area contributed by atoms with Gasteiger partial charge in [0.25, 0.3) is 0 Å². The molecule has 39 nitrogen and oxygen atoms in total. The Bertz CT molecular complexity index is 4290. The van der Waals surface area contributed by atoms with Gasteiger partial charge in [-0.3, -0.25) is 71.9 Å². The molecule has 3 aromatic carbocycles. The van der Waals surface area contributed by atoms with E-state index in [4.69, 9.17) is 17.2 Å². The number of carboxylic acid groups (broad SMARTS) is 2. The van der Waals surface area contributed by atoms with Gasteiger partial charge in [0.1, 0.15) is 78.3 Å². The maximum atomic E-state index is 15.2. The van der Waals surface area contributed by atoms with Gasteiger partial charge in [-0.1, -0.05) is 80.9 Å². The number of unbranched alkanes of at least 4 members (excludes halogenated alkanes) is 1. The summed E-state index contributed by atoms with van der Waals surface area (Å²) in [6.45, 7) is 5.09. The number of imidazole rings is 1. The fraction of sp³-hybridized carbons (Fsp3) is 0.494. The van der Waals surface area contributed by atoms with E-state index in [0.29, 0.717) is 46.1 Å². The van der Waals surface area contributed by atoms with Gasteiger partial charge in [0.2, 0.25) is 82.7 Å². The average Bonchev–Trinajstić information content (AvgIpc) is 1.65. The number of nitrogens with zero attached hydrogens (tertiary/aromatic N) is 2. The molecular weight excluding hydrogens is 1580 g/mol. The molecule has 1 aliphatic rings. The highest BCUT2D eigenvalue weighted by molar-refractivity contribution is 7.80. The first kappa shape index (κ1) is 95.2. The number of aliphatic carboxylic acids is 2. The number of aromatic amines is 2. The second kappa shape index (κ2) is 47.5. The molecule has 5 aromatic rings. The summed E-state index contributed by atoms with van der Waals surface area (Å²) in [7, 11) is 0. The van der Waals surface area contributed by atoms with E-state index in [1.807, 2.05) is 0 Å². The maximum Gasteiger partial charge on any atom is 0.326 e. The van der Waals surface area contributed by atoms with Crippen LogP contribution < -0.4 is 81.0 Å². The number of carbonyl (C=O) groups is 16. The Hall–Kier alpha value is -11.7. The van der Waals surface area contributed by atoms with Crippen LogP contribution >= 0.6 is 25.3 Å². The van der Waals surface area contributed by atoms with Crippen LogP contribution in [0.5, 0.6) is 5.75 Å². The molecule has 3 heterocycles. The number of phenols is 1. The number of carboxylic acids is 2. The molecule has 0 spiro atoms. The number of para-hydroxylation sites is 1. The first-order valence-electron chi connectivity index (χ1n) is 38.5. The number of aliphatic hydroxyl groups excluding tert-OH is 1. The van der Waals surface area contributed by atoms with E-state index >= 15 is 9.59 Å². The number of carbonyl (C=O) groups excluding carboxylic acids is 14. The molecule has 1 fully saturated rings. The fourth-order valence-corrected chi connectivity index (χ4v) is 13.3. The van der Waals surface area contributed by atoms with Gasteiger partial charge in [-0.25, -0.2) is 9.78 Å². The number of H-pyrrole nitrogens is 2. The SMILES string of the molecule is CC[C@H](C)[C@H](NC(=O)[C@H](CS)NC(=O)[C@H](Cc1ccc(O)cc1)NC(=O)[C@H](CCCCN)NC(=O)[C@H](Cc1c[nH]c2ccccc12)NC(=O)[C@H](Cc1ccccc1)NC(=O)[C@H](CS)NC(=O)[C@H](CCC(=O)O)NC(=O)[C@@H]1CCCN1C(=O)[C@H](C)NC(=O)[C@@H](NC(=O)CNC(=O)[C@H](Cc1cnc[nH]1)NC(=O)[C@@H](N)CCC(N)=O)[C@@H](C)O)C(=O)O. The zero-order chi connectivity index (χ0) is 86.9. The minimum absolute atomic E-state index is 0.00406. The molecule has 24 N–H and O–H groups in total. The molecule has 6 rings (SSSR count). The Labute approximate surface area is 690 Å². The Kier molecular flexibility index (Phi) is 38.3. The van der Waals surface area contributed by atoms with E-state index in [1.165, 1.54) is 43.7 Å². The number of hydrogen-bond acceptors (Lipinski definition) is 23. The van der Waals surface area contributed by atoms with Crippen molar-refractivity contribution < 1.29 is 97.1 Å². The number of fused-ring (bicyclic) bond motifs is 1. The van der Waals surface area contributed by atoms with Crippen LogP contribution in [0.1, 0.15) is 114 Å². The lowest BCUT2D eigenvalue weighted by Crippen LogP contribution is -2.61. The monoisotopic (exact) mass is 1680 g/mol. The van der Waals surface area contributed by atoms with Crippen molar-refractivity contribution in [1.82, 2.24) is 83.7 Å². The number of likely N-dealkylation sites (tertiary alicyclic amines) is 1. The molecule has 14 amide bonds. The van der Waals surface area contributed by atoms with Gasteiger partial charge in [0.05, 0.1) is 25.0 Å². The quantitative estimate of drug-likeness (QED) is 0.0132. The number of aliphatic hydroxyl groups is 1. The Morgan fingerprint density at radius 2 is 1.10 bits per heavy atom. The highest BCUT2D eigenvalue weighted by Crippen LogP contribution is 2.23. The smallest absolute Gasteiger partial charge is 0.326 e. The third-order valence-corrected chi connectivity index (χ3v) is 20.4. The number of phenolic OH excluding ortho intramolecular Hbond substituents is 1. The highest BCUT2D eigenvalue weighted by Gasteiger charge is 2.41. The molecule has 0 aliphatic carbocycles. The number of nitrogens with one attached hydrogen (secondary N) is 14. The summed E-state index contributed by atoms with van der Waals surface area (Å²) < 4.78 is 0. The summed E-state index contributed by atoms with van der Waals surface area (Å²) in [5.74, 6) is -17.1. The molecule has 0 saturated carbocycles. The summed E-state index contributed by atoms with van der Waals surface area (Å²) in [6.07, 6.45) is 1.34. The molecule has 1 saturated heterocycles. The molecule has 0 bridgehead atoms. The molecule has 41 heteroatoms. The minimum atomic E-state index is -1.74. The van der Waals surface area contributed by atoms with E-state index in [1.54, 1.807) is 74.6 Å². The highest BCUT2D eigenvalue weighted by atomic mass is 32.1. The van der Waals surface area contributed by atoms with Gasteiger partial charge in [-0.05, 0) is 106 Å². The largest absolute Gasteiger partial charge is 0.508 e. The zero-order valence-electron chi connectivity index (χ0n) is 65.7. The molecule has 1 aliphatic heterocycles. The van der Waals surface area contributed by atoms with Gasteiger partial charge < -0.3 is 116 Å². The molecule has 2 aromatic heterocycles. The number of nitrogens with two attached hydrogens (primary N) is 3. The predicted octanol–water partition coefficient (Wildman–Crippen LogP) is -3.72. The Balaban J connectivity index is 1.18. The number of benzene rings is 3. The van der Waals surface area contributed by atoms with Crippen LogP contribution in [-0.4, -0.2) is 251 Å². The molecule has 0 radical (unpaired) electrons. The van der Waals surface area contributed by atoms with Gasteiger partial charge in [-0.2, -0.15) is 25.3 Å². The third-order valence-electron chi connectivity index (χ3n) is 19.6. The summed E-state index contributed by atoms with van der Waals surface area (Å²) in [5.41, 5.74) is 19.5. The molecule has 15 atom stereocenters. The first-order valence-corrected chi connectivity index (χ1v) is 39.8. The first-order chi connectivity index (χ1) is 56.1. The van der Waals surface area contributed by atoms with Crippen molar-refractivity contribution in [2.75, 3.05) is 31.1 Å². The van der Waals surface area contributed by atoms with E-state index in [9.17, 15) is 87.5 Å².